The molecule has 3 rings (SSSR count). The van der Waals surface area contributed by atoms with Crippen molar-refractivity contribution in [2.75, 3.05) is 5.32 Å². The number of carbonyl (C=O) groups excluding carboxylic acids is 3. The first-order chi connectivity index (χ1) is 15.6. The van der Waals surface area contributed by atoms with E-state index in [9.17, 15) is 24.0 Å². The summed E-state index contributed by atoms with van der Waals surface area (Å²) in [6.07, 6.45) is 0.804. The lowest BCUT2D eigenvalue weighted by Gasteiger charge is -2.14. The highest BCUT2D eigenvalue weighted by Crippen LogP contribution is 2.12. The molecular formula is C22H25N5O6. The van der Waals surface area contributed by atoms with E-state index in [1.54, 1.807) is 28.8 Å². The Balaban J connectivity index is 1.54. The Kier molecular flexibility index (Phi) is 6.90. The van der Waals surface area contributed by atoms with Gasteiger partial charge in [0.05, 0.1) is 6.33 Å². The number of hydrogen-bond acceptors (Lipinski definition) is 7. The maximum absolute atomic E-state index is 12.4. The summed E-state index contributed by atoms with van der Waals surface area (Å²) >= 11 is 0. The molecule has 11 heteroatoms. The standard InChI is InChI=1S/C22H25N5O6/c1-13(28)15-7-9-16(10-8-15)24-20(30)14(2)33-17(29)6-5-11-27-12-23-19-18(27)21(31)26(4)22(32)25(19)3/h7-10,12,14H,5-6,11H2,1-4H3,(H,24,30). The molecule has 0 saturated carbocycles. The minimum absolute atomic E-state index is 0.0245. The number of ketones is 1. The van der Waals surface area contributed by atoms with Crippen molar-refractivity contribution in [2.24, 2.45) is 14.1 Å². The Labute approximate surface area is 188 Å². The zero-order valence-electron chi connectivity index (χ0n) is 18.8. The Morgan fingerprint density at radius 3 is 2.39 bits per heavy atom. The maximum Gasteiger partial charge on any atom is 0.332 e. The summed E-state index contributed by atoms with van der Waals surface area (Å²) in [7, 11) is 2.92. The minimum atomic E-state index is -1.01. The number of amides is 1. The van der Waals surface area contributed by atoms with E-state index in [2.05, 4.69) is 10.3 Å². The number of esters is 1. The molecule has 0 aliphatic heterocycles. The van der Waals surface area contributed by atoms with Gasteiger partial charge in [-0.05, 0) is 44.5 Å². The number of Topliss-reactive ketones (excluding diaryl/α,β-unsaturated/α-hetero) is 1. The van der Waals surface area contributed by atoms with Gasteiger partial charge in [-0.25, -0.2) is 9.78 Å². The monoisotopic (exact) mass is 455 g/mol. The van der Waals surface area contributed by atoms with Crippen molar-refractivity contribution in [1.82, 2.24) is 18.7 Å². The third-order valence-corrected chi connectivity index (χ3v) is 5.23. The van der Waals surface area contributed by atoms with Crippen molar-refractivity contribution >= 4 is 34.5 Å². The van der Waals surface area contributed by atoms with Gasteiger partial charge in [-0.3, -0.25) is 28.3 Å². The van der Waals surface area contributed by atoms with Gasteiger partial charge in [-0.2, -0.15) is 0 Å². The van der Waals surface area contributed by atoms with Crippen molar-refractivity contribution in [3.63, 3.8) is 0 Å². The summed E-state index contributed by atoms with van der Waals surface area (Å²) in [5.74, 6) is -1.14. The van der Waals surface area contributed by atoms with E-state index in [4.69, 9.17) is 4.74 Å². The highest BCUT2D eigenvalue weighted by molar-refractivity contribution is 5.97. The van der Waals surface area contributed by atoms with Crippen LogP contribution in [0.3, 0.4) is 0 Å². The van der Waals surface area contributed by atoms with Crippen molar-refractivity contribution in [3.8, 4) is 0 Å². The summed E-state index contributed by atoms with van der Waals surface area (Å²) in [5.41, 5.74) is 0.621. The Morgan fingerprint density at radius 1 is 1.09 bits per heavy atom. The first-order valence-electron chi connectivity index (χ1n) is 10.3. The van der Waals surface area contributed by atoms with E-state index in [0.717, 1.165) is 4.57 Å². The lowest BCUT2D eigenvalue weighted by atomic mass is 10.1. The van der Waals surface area contributed by atoms with Gasteiger partial charge in [-0.1, -0.05) is 0 Å². The highest BCUT2D eigenvalue weighted by Gasteiger charge is 2.19. The van der Waals surface area contributed by atoms with Crippen molar-refractivity contribution in [3.05, 3.63) is 57.0 Å². The van der Waals surface area contributed by atoms with Crippen LogP contribution in [0.25, 0.3) is 11.2 Å². The molecule has 0 aliphatic rings. The number of anilines is 1. The molecule has 0 bridgehead atoms. The van der Waals surface area contributed by atoms with E-state index in [-0.39, 0.29) is 23.4 Å². The van der Waals surface area contributed by atoms with Crippen LogP contribution >= 0.6 is 0 Å². The summed E-state index contributed by atoms with van der Waals surface area (Å²) in [6, 6.07) is 6.39. The predicted octanol–water partition coefficient (Wildman–Crippen LogP) is 0.987. The molecule has 1 N–H and O–H groups in total. The topological polar surface area (TPSA) is 134 Å². The van der Waals surface area contributed by atoms with Gasteiger partial charge in [0.15, 0.2) is 23.1 Å². The van der Waals surface area contributed by atoms with Crippen LogP contribution < -0.4 is 16.6 Å². The number of carbonyl (C=O) groups is 3. The van der Waals surface area contributed by atoms with Crippen molar-refractivity contribution in [2.45, 2.75) is 39.3 Å². The third-order valence-electron chi connectivity index (χ3n) is 5.23. The van der Waals surface area contributed by atoms with Crippen LogP contribution in [0, 0.1) is 0 Å². The molecule has 0 saturated heterocycles. The molecule has 2 aromatic heterocycles. The number of aromatic nitrogens is 4. The van der Waals surface area contributed by atoms with E-state index in [1.807, 2.05) is 0 Å². The van der Waals surface area contributed by atoms with Crippen LogP contribution in [0.15, 0.2) is 40.2 Å². The molecule has 3 aromatic rings. The summed E-state index contributed by atoms with van der Waals surface area (Å²) in [4.78, 5) is 64.3. The Morgan fingerprint density at radius 2 is 1.76 bits per heavy atom. The van der Waals surface area contributed by atoms with Crippen molar-refractivity contribution < 1.29 is 19.1 Å². The van der Waals surface area contributed by atoms with Gasteiger partial charge < -0.3 is 14.6 Å². The van der Waals surface area contributed by atoms with Crippen LogP contribution in [0.5, 0.6) is 0 Å². The zero-order chi connectivity index (χ0) is 24.3. The van der Waals surface area contributed by atoms with Gasteiger partial charge in [0.2, 0.25) is 0 Å². The quantitative estimate of drug-likeness (QED) is 0.395. The summed E-state index contributed by atoms with van der Waals surface area (Å²) in [5, 5.41) is 2.63. The number of ether oxygens (including phenoxy) is 1. The molecule has 174 valence electrons. The van der Waals surface area contributed by atoms with Crippen LogP contribution in [0.4, 0.5) is 5.69 Å². The zero-order valence-corrected chi connectivity index (χ0v) is 18.8. The van der Waals surface area contributed by atoms with Crippen LogP contribution in [0.2, 0.25) is 0 Å². The van der Waals surface area contributed by atoms with Crippen LogP contribution in [-0.2, 0) is 35.0 Å². The van der Waals surface area contributed by atoms with E-state index >= 15 is 0 Å². The first-order valence-corrected chi connectivity index (χ1v) is 10.3. The van der Waals surface area contributed by atoms with Gasteiger partial charge in [-0.15, -0.1) is 0 Å². The number of nitrogens with zero attached hydrogens (tertiary/aromatic N) is 4. The fraction of sp³-hybridized carbons (Fsp3) is 0.364. The molecule has 1 atom stereocenters. The molecule has 0 aliphatic carbocycles. The Bertz CT molecular complexity index is 1330. The first kappa shape index (κ1) is 23.6. The SMILES string of the molecule is CC(=O)c1ccc(NC(=O)C(C)OC(=O)CCCn2cnc3c2c(=O)n(C)c(=O)n3C)cc1. The predicted molar refractivity (Wildman–Crippen MR) is 120 cm³/mol. The van der Waals surface area contributed by atoms with Crippen LogP contribution in [-0.4, -0.2) is 42.4 Å². The van der Waals surface area contributed by atoms with E-state index < -0.39 is 29.2 Å². The molecular weight excluding hydrogens is 430 g/mol. The van der Waals surface area contributed by atoms with E-state index in [0.29, 0.717) is 24.2 Å². The lowest BCUT2D eigenvalue weighted by molar-refractivity contribution is -0.153. The summed E-state index contributed by atoms with van der Waals surface area (Å²) < 4.78 is 9.07. The normalized spacial score (nSPS) is 11.9. The number of fused-ring (bicyclic) bond motifs is 1. The van der Waals surface area contributed by atoms with Gasteiger partial charge in [0, 0.05) is 38.3 Å². The van der Waals surface area contributed by atoms with E-state index in [1.165, 1.54) is 38.8 Å². The molecule has 1 unspecified atom stereocenters. The second-order valence-corrected chi connectivity index (χ2v) is 7.67. The average Bonchev–Trinajstić information content (AvgIpc) is 3.20. The van der Waals surface area contributed by atoms with Gasteiger partial charge in [0.25, 0.3) is 11.5 Å². The smallest absolute Gasteiger partial charge is 0.332 e. The fourth-order valence-corrected chi connectivity index (χ4v) is 3.30. The highest BCUT2D eigenvalue weighted by atomic mass is 16.5. The number of aryl methyl sites for hydroxylation is 2. The largest absolute Gasteiger partial charge is 0.453 e. The molecule has 2 heterocycles. The van der Waals surface area contributed by atoms with Crippen LogP contribution in [0.1, 0.15) is 37.0 Å². The van der Waals surface area contributed by atoms with Crippen molar-refractivity contribution in [1.29, 1.82) is 0 Å². The molecule has 0 fully saturated rings. The second kappa shape index (κ2) is 9.63. The number of benzene rings is 1. The maximum atomic E-state index is 12.4. The number of rotatable bonds is 8. The molecule has 11 nitrogen and oxygen atoms in total. The molecule has 0 spiro atoms. The van der Waals surface area contributed by atoms with Gasteiger partial charge in [0.1, 0.15) is 0 Å². The van der Waals surface area contributed by atoms with Gasteiger partial charge >= 0.3 is 11.7 Å². The second-order valence-electron chi connectivity index (χ2n) is 7.67. The minimum Gasteiger partial charge on any atom is -0.453 e. The Hall–Kier alpha value is -4.02. The molecule has 33 heavy (non-hydrogen) atoms. The molecule has 0 radical (unpaired) electrons. The number of nitrogens with one attached hydrogen (secondary N) is 1. The average molecular weight is 455 g/mol. The third kappa shape index (κ3) is 5.08. The summed E-state index contributed by atoms with van der Waals surface area (Å²) in [6.45, 7) is 3.22. The molecule has 1 aromatic carbocycles. The number of imidazole rings is 1. The lowest BCUT2D eigenvalue weighted by Crippen LogP contribution is -2.37. The molecule has 1 amide bonds. The fourth-order valence-electron chi connectivity index (χ4n) is 3.30. The number of hydrogen-bond donors (Lipinski definition) is 1.